The van der Waals surface area contributed by atoms with Gasteiger partial charge in [-0.3, -0.25) is 0 Å². The fourth-order valence-corrected chi connectivity index (χ4v) is 2.78. The van der Waals surface area contributed by atoms with Crippen molar-refractivity contribution < 1.29 is 0 Å². The lowest BCUT2D eigenvalue weighted by molar-refractivity contribution is 0.527. The maximum atomic E-state index is 4.19. The molecule has 1 unspecified atom stereocenters. The summed E-state index contributed by atoms with van der Waals surface area (Å²) in [5, 5.41) is 11.7. The van der Waals surface area contributed by atoms with Crippen LogP contribution in [0.5, 0.6) is 0 Å². The van der Waals surface area contributed by atoms with E-state index >= 15 is 0 Å². The summed E-state index contributed by atoms with van der Waals surface area (Å²) in [6, 6.07) is 0.573. The number of aromatic nitrogens is 3. The lowest BCUT2D eigenvalue weighted by Crippen LogP contribution is -2.39. The number of aryl methyl sites for hydroxylation is 1. The number of hydrogen-bond acceptors (Lipinski definition) is 4. The van der Waals surface area contributed by atoms with Crippen molar-refractivity contribution in [2.45, 2.75) is 32.4 Å². The molecule has 1 aliphatic rings. The topological polar surface area (TPSA) is 42.7 Å². The van der Waals surface area contributed by atoms with Gasteiger partial charge in [-0.05, 0) is 6.42 Å². The van der Waals surface area contributed by atoms with Crippen molar-refractivity contribution in [2.24, 2.45) is 0 Å². The predicted octanol–water partition coefficient (Wildman–Crippen LogP) is 0.936. The molecule has 84 valence electrons. The van der Waals surface area contributed by atoms with E-state index in [0.717, 1.165) is 31.8 Å². The maximum absolute atomic E-state index is 4.19. The molecule has 5 heteroatoms. The second kappa shape index (κ2) is 5.51. The highest BCUT2D eigenvalue weighted by atomic mass is 32.2. The third-order valence-corrected chi connectivity index (χ3v) is 3.72. The fourth-order valence-electron chi connectivity index (χ4n) is 1.84. The van der Waals surface area contributed by atoms with Crippen molar-refractivity contribution >= 4 is 11.8 Å². The number of thioether (sulfide) groups is 1. The molecule has 0 aromatic carbocycles. The first kappa shape index (κ1) is 11.0. The van der Waals surface area contributed by atoms with Gasteiger partial charge in [-0.15, -0.1) is 10.2 Å². The Bertz CT molecular complexity index is 293. The van der Waals surface area contributed by atoms with E-state index in [0.29, 0.717) is 6.04 Å². The summed E-state index contributed by atoms with van der Waals surface area (Å²) in [4.78, 5) is 0. The van der Waals surface area contributed by atoms with Crippen LogP contribution in [0.2, 0.25) is 0 Å². The summed E-state index contributed by atoms with van der Waals surface area (Å²) in [7, 11) is 0. The Hall–Kier alpha value is -0.550. The summed E-state index contributed by atoms with van der Waals surface area (Å²) < 4.78 is 2.17. The van der Waals surface area contributed by atoms with Crippen LogP contribution in [-0.2, 0) is 13.0 Å². The minimum Gasteiger partial charge on any atom is -0.318 e. The van der Waals surface area contributed by atoms with Crippen LogP contribution in [0.25, 0.3) is 0 Å². The van der Waals surface area contributed by atoms with Gasteiger partial charge in [-0.2, -0.15) is 11.8 Å². The molecular formula is C10H18N4S. The normalized spacial score (nSPS) is 21.8. The first-order valence-electron chi connectivity index (χ1n) is 5.58. The van der Waals surface area contributed by atoms with Crippen LogP contribution in [0.1, 0.15) is 19.2 Å². The van der Waals surface area contributed by atoms with Gasteiger partial charge in [0.15, 0.2) is 0 Å². The quantitative estimate of drug-likeness (QED) is 0.829. The summed E-state index contributed by atoms with van der Waals surface area (Å²) in [5.74, 6) is 3.55. The number of hydrogen-bond donors (Lipinski definition) is 1. The minimum absolute atomic E-state index is 0.573. The Morgan fingerprint density at radius 2 is 2.60 bits per heavy atom. The molecule has 1 N–H and O–H groups in total. The van der Waals surface area contributed by atoms with Crippen LogP contribution in [0.4, 0.5) is 0 Å². The fraction of sp³-hybridized carbons (Fsp3) is 0.800. The highest BCUT2D eigenvalue weighted by Crippen LogP contribution is 2.11. The molecule has 1 saturated heterocycles. The average molecular weight is 226 g/mol. The molecule has 0 spiro atoms. The monoisotopic (exact) mass is 226 g/mol. The molecule has 1 aromatic heterocycles. The molecule has 2 heterocycles. The van der Waals surface area contributed by atoms with Crippen LogP contribution in [0, 0.1) is 0 Å². The molecule has 0 amide bonds. The van der Waals surface area contributed by atoms with E-state index in [1.165, 1.54) is 11.5 Å². The lowest BCUT2D eigenvalue weighted by Gasteiger charge is -2.22. The summed E-state index contributed by atoms with van der Waals surface area (Å²) >= 11 is 2.02. The van der Waals surface area contributed by atoms with Crippen molar-refractivity contribution in [2.75, 3.05) is 18.1 Å². The second-order valence-electron chi connectivity index (χ2n) is 3.87. The molecule has 1 aliphatic heterocycles. The molecule has 1 fully saturated rings. The van der Waals surface area contributed by atoms with E-state index < -0.39 is 0 Å². The van der Waals surface area contributed by atoms with Gasteiger partial charge in [0.25, 0.3) is 0 Å². The van der Waals surface area contributed by atoms with Crippen LogP contribution in [0.3, 0.4) is 0 Å². The van der Waals surface area contributed by atoms with Crippen LogP contribution >= 0.6 is 11.8 Å². The smallest absolute Gasteiger partial charge is 0.134 e. The van der Waals surface area contributed by atoms with Crippen molar-refractivity contribution in [3.8, 4) is 0 Å². The first-order valence-corrected chi connectivity index (χ1v) is 6.73. The average Bonchev–Trinajstić information content (AvgIpc) is 2.68. The van der Waals surface area contributed by atoms with Gasteiger partial charge in [-0.25, -0.2) is 0 Å². The van der Waals surface area contributed by atoms with E-state index in [2.05, 4.69) is 27.0 Å². The molecule has 0 aliphatic carbocycles. The molecule has 4 nitrogen and oxygen atoms in total. The van der Waals surface area contributed by atoms with E-state index in [9.17, 15) is 0 Å². The number of nitrogens with one attached hydrogen (secondary N) is 1. The summed E-state index contributed by atoms with van der Waals surface area (Å²) in [6.07, 6.45) is 3.99. The van der Waals surface area contributed by atoms with E-state index in [-0.39, 0.29) is 0 Å². The lowest BCUT2D eigenvalue weighted by atomic mass is 10.2. The molecule has 1 aromatic rings. The maximum Gasteiger partial charge on any atom is 0.134 e. The number of rotatable bonds is 4. The summed E-state index contributed by atoms with van der Waals surface area (Å²) in [6.45, 7) is 4.33. The molecular weight excluding hydrogens is 208 g/mol. The largest absolute Gasteiger partial charge is 0.318 e. The van der Waals surface area contributed by atoms with Crippen molar-refractivity contribution in [3.05, 3.63) is 12.2 Å². The minimum atomic E-state index is 0.573. The second-order valence-corrected chi connectivity index (χ2v) is 5.02. The van der Waals surface area contributed by atoms with Gasteiger partial charge >= 0.3 is 0 Å². The van der Waals surface area contributed by atoms with Crippen LogP contribution in [-0.4, -0.2) is 38.9 Å². The number of nitrogens with zero attached hydrogens (tertiary/aromatic N) is 3. The van der Waals surface area contributed by atoms with Gasteiger partial charge < -0.3 is 9.88 Å². The molecule has 1 atom stereocenters. The highest BCUT2D eigenvalue weighted by molar-refractivity contribution is 7.99. The summed E-state index contributed by atoms with van der Waals surface area (Å²) in [5.41, 5.74) is 0. The van der Waals surface area contributed by atoms with Gasteiger partial charge in [0.05, 0.1) is 0 Å². The SMILES string of the molecule is CCCn1cnnc1CC1CSCCN1. The van der Waals surface area contributed by atoms with Crippen LogP contribution in [0.15, 0.2) is 6.33 Å². The van der Waals surface area contributed by atoms with E-state index in [4.69, 9.17) is 0 Å². The van der Waals surface area contributed by atoms with E-state index in [1.807, 2.05) is 18.1 Å². The highest BCUT2D eigenvalue weighted by Gasteiger charge is 2.16. The molecule has 15 heavy (non-hydrogen) atoms. The molecule has 0 radical (unpaired) electrons. The third kappa shape index (κ3) is 2.95. The standard InChI is InChI=1S/C10H18N4S/c1-2-4-14-8-12-13-10(14)6-9-7-15-5-3-11-9/h8-9,11H,2-7H2,1H3. The Kier molecular flexibility index (Phi) is 4.02. The van der Waals surface area contributed by atoms with E-state index in [1.54, 1.807) is 0 Å². The van der Waals surface area contributed by atoms with Crippen molar-refractivity contribution in [3.63, 3.8) is 0 Å². The molecule has 0 saturated carbocycles. The van der Waals surface area contributed by atoms with Gasteiger partial charge in [0, 0.05) is 37.1 Å². The van der Waals surface area contributed by atoms with Crippen molar-refractivity contribution in [1.82, 2.24) is 20.1 Å². The molecule has 0 bridgehead atoms. The Morgan fingerprint density at radius 1 is 1.67 bits per heavy atom. The van der Waals surface area contributed by atoms with Crippen LogP contribution < -0.4 is 5.32 Å². The van der Waals surface area contributed by atoms with Crippen molar-refractivity contribution in [1.29, 1.82) is 0 Å². The Labute approximate surface area is 94.8 Å². The van der Waals surface area contributed by atoms with Gasteiger partial charge in [-0.1, -0.05) is 6.92 Å². The Morgan fingerprint density at radius 3 is 3.33 bits per heavy atom. The Balaban J connectivity index is 1.93. The molecule has 2 rings (SSSR count). The first-order chi connectivity index (χ1) is 7.40. The zero-order chi connectivity index (χ0) is 10.5. The zero-order valence-corrected chi connectivity index (χ0v) is 9.96. The predicted molar refractivity (Wildman–Crippen MR) is 63.1 cm³/mol. The zero-order valence-electron chi connectivity index (χ0n) is 9.15. The van der Waals surface area contributed by atoms with Gasteiger partial charge in [0.2, 0.25) is 0 Å². The van der Waals surface area contributed by atoms with Gasteiger partial charge in [0.1, 0.15) is 12.2 Å². The third-order valence-electron chi connectivity index (χ3n) is 2.59.